The number of ether oxygens (including phenoxy) is 1. The van der Waals surface area contributed by atoms with Gasteiger partial charge in [-0.15, -0.1) is 0 Å². The van der Waals surface area contributed by atoms with Crippen molar-refractivity contribution >= 4 is 5.82 Å². The Balaban J connectivity index is 2.57. The van der Waals surface area contributed by atoms with Crippen LogP contribution in [-0.2, 0) is 4.74 Å². The fourth-order valence-electron chi connectivity index (χ4n) is 1.42. The topological polar surface area (TPSA) is 70.8 Å². The van der Waals surface area contributed by atoms with Crippen molar-refractivity contribution in [2.24, 2.45) is 5.41 Å². The van der Waals surface area contributed by atoms with Gasteiger partial charge in [-0.2, -0.15) is 5.26 Å². The molecule has 0 fully saturated rings. The van der Waals surface area contributed by atoms with Crippen molar-refractivity contribution in [1.29, 1.82) is 5.26 Å². The number of methoxy groups -OCH3 is 1. The molecule has 0 aromatic carbocycles. The molecule has 1 aromatic heterocycles. The average Bonchev–Trinajstić information content (AvgIpc) is 2.29. The van der Waals surface area contributed by atoms with Crippen LogP contribution in [0.1, 0.15) is 26.5 Å². The van der Waals surface area contributed by atoms with Crippen LogP contribution in [0.3, 0.4) is 0 Å². The van der Waals surface area contributed by atoms with E-state index in [2.05, 4.69) is 36.1 Å². The molecule has 92 valence electrons. The largest absolute Gasteiger partial charge is 0.379 e. The van der Waals surface area contributed by atoms with Crippen molar-refractivity contribution in [3.05, 3.63) is 18.1 Å². The number of hydrogen-bond acceptors (Lipinski definition) is 5. The summed E-state index contributed by atoms with van der Waals surface area (Å²) in [7, 11) is 1.70. The van der Waals surface area contributed by atoms with Crippen LogP contribution >= 0.6 is 0 Å². The van der Waals surface area contributed by atoms with E-state index in [1.807, 2.05) is 6.07 Å². The molecule has 0 saturated heterocycles. The first-order valence-electron chi connectivity index (χ1n) is 5.46. The van der Waals surface area contributed by atoms with E-state index in [0.29, 0.717) is 18.1 Å². The predicted molar refractivity (Wildman–Crippen MR) is 65.5 cm³/mol. The van der Waals surface area contributed by atoms with Crippen molar-refractivity contribution in [1.82, 2.24) is 9.97 Å². The van der Waals surface area contributed by atoms with Crippen molar-refractivity contribution in [3.8, 4) is 6.07 Å². The maximum atomic E-state index is 8.60. The van der Waals surface area contributed by atoms with Gasteiger partial charge in [-0.1, -0.05) is 20.8 Å². The number of hydrogen-bond donors (Lipinski definition) is 1. The molecule has 0 amide bonds. The number of nitriles is 1. The molecule has 0 saturated carbocycles. The monoisotopic (exact) mass is 234 g/mol. The highest BCUT2D eigenvalue weighted by molar-refractivity contribution is 5.33. The van der Waals surface area contributed by atoms with Crippen LogP contribution in [0.25, 0.3) is 0 Å². The highest BCUT2D eigenvalue weighted by Gasteiger charge is 2.23. The molecule has 0 aliphatic carbocycles. The summed E-state index contributed by atoms with van der Waals surface area (Å²) in [4.78, 5) is 8.02. The van der Waals surface area contributed by atoms with Crippen molar-refractivity contribution in [3.63, 3.8) is 0 Å². The minimum absolute atomic E-state index is 0.0573. The lowest BCUT2D eigenvalue weighted by atomic mass is 9.89. The van der Waals surface area contributed by atoms with E-state index in [4.69, 9.17) is 10.00 Å². The van der Waals surface area contributed by atoms with Gasteiger partial charge >= 0.3 is 0 Å². The molecule has 1 N–H and O–H groups in total. The van der Waals surface area contributed by atoms with Crippen LogP contribution in [0, 0.1) is 16.7 Å². The number of nitrogens with zero attached hydrogens (tertiary/aromatic N) is 3. The fourth-order valence-corrected chi connectivity index (χ4v) is 1.42. The van der Waals surface area contributed by atoms with Gasteiger partial charge in [-0.05, 0) is 5.41 Å². The summed E-state index contributed by atoms with van der Waals surface area (Å²) in [6, 6.07) is 1.93. The highest BCUT2D eigenvalue weighted by atomic mass is 16.5. The van der Waals surface area contributed by atoms with Crippen LogP contribution in [0.15, 0.2) is 12.4 Å². The van der Waals surface area contributed by atoms with Crippen LogP contribution in [0.2, 0.25) is 0 Å². The molecule has 17 heavy (non-hydrogen) atoms. The second-order valence-corrected chi connectivity index (χ2v) is 4.87. The van der Waals surface area contributed by atoms with Crippen LogP contribution in [0.4, 0.5) is 5.82 Å². The SMILES string of the molecule is COC(CNc1cnc(C#N)cn1)C(C)(C)C. The Morgan fingerprint density at radius 2 is 2.12 bits per heavy atom. The summed E-state index contributed by atoms with van der Waals surface area (Å²) in [6.45, 7) is 7.01. The van der Waals surface area contributed by atoms with Gasteiger partial charge in [-0.3, -0.25) is 0 Å². The molecular formula is C12H18N4O. The van der Waals surface area contributed by atoms with Gasteiger partial charge in [0.1, 0.15) is 11.9 Å². The molecule has 1 aromatic rings. The van der Waals surface area contributed by atoms with Crippen molar-refractivity contribution in [2.45, 2.75) is 26.9 Å². The molecule has 0 aliphatic heterocycles. The first-order valence-corrected chi connectivity index (χ1v) is 5.46. The second kappa shape index (κ2) is 5.60. The molecular weight excluding hydrogens is 216 g/mol. The Kier molecular flexibility index (Phi) is 4.41. The van der Waals surface area contributed by atoms with Crippen LogP contribution < -0.4 is 5.32 Å². The lowest BCUT2D eigenvalue weighted by molar-refractivity contribution is 0.0268. The van der Waals surface area contributed by atoms with E-state index in [0.717, 1.165) is 0 Å². The molecule has 1 unspecified atom stereocenters. The molecule has 0 spiro atoms. The number of nitrogens with one attached hydrogen (secondary N) is 1. The molecule has 5 heteroatoms. The Bertz CT molecular complexity index is 388. The zero-order valence-electron chi connectivity index (χ0n) is 10.7. The zero-order valence-corrected chi connectivity index (χ0v) is 10.7. The first kappa shape index (κ1) is 13.4. The summed E-state index contributed by atoms with van der Waals surface area (Å²) in [5, 5.41) is 11.7. The molecule has 0 bridgehead atoms. The Morgan fingerprint density at radius 1 is 1.41 bits per heavy atom. The molecule has 1 rings (SSSR count). The third kappa shape index (κ3) is 4.00. The maximum absolute atomic E-state index is 8.60. The third-order valence-electron chi connectivity index (χ3n) is 2.49. The summed E-state index contributed by atoms with van der Waals surface area (Å²) in [6.07, 6.45) is 3.08. The van der Waals surface area contributed by atoms with E-state index in [9.17, 15) is 0 Å². The summed E-state index contributed by atoms with van der Waals surface area (Å²) < 4.78 is 5.42. The van der Waals surface area contributed by atoms with Gasteiger partial charge in [0.2, 0.25) is 0 Å². The highest BCUT2D eigenvalue weighted by Crippen LogP contribution is 2.21. The minimum atomic E-state index is 0.0573. The average molecular weight is 234 g/mol. The second-order valence-electron chi connectivity index (χ2n) is 4.87. The predicted octanol–water partition coefficient (Wildman–Crippen LogP) is 1.82. The molecule has 1 heterocycles. The molecule has 0 aliphatic rings. The van der Waals surface area contributed by atoms with E-state index < -0.39 is 0 Å². The maximum Gasteiger partial charge on any atom is 0.158 e. The van der Waals surface area contributed by atoms with Gasteiger partial charge in [0.15, 0.2) is 5.69 Å². The minimum Gasteiger partial charge on any atom is -0.379 e. The van der Waals surface area contributed by atoms with Gasteiger partial charge < -0.3 is 10.1 Å². The number of anilines is 1. The standard InChI is InChI=1S/C12H18N4O/c1-12(2,3)10(17-4)7-16-11-8-14-9(5-13)6-15-11/h6,8,10H,7H2,1-4H3,(H,15,16). The number of aromatic nitrogens is 2. The normalized spacial score (nSPS) is 12.9. The summed E-state index contributed by atoms with van der Waals surface area (Å²) in [5.74, 6) is 0.648. The van der Waals surface area contributed by atoms with E-state index in [1.54, 1.807) is 13.3 Å². The fraction of sp³-hybridized carbons (Fsp3) is 0.583. The van der Waals surface area contributed by atoms with Crippen molar-refractivity contribution < 1.29 is 4.74 Å². The molecule has 5 nitrogen and oxygen atoms in total. The van der Waals surface area contributed by atoms with E-state index in [1.165, 1.54) is 6.20 Å². The first-order chi connectivity index (χ1) is 7.97. The van der Waals surface area contributed by atoms with Gasteiger partial charge in [0, 0.05) is 13.7 Å². The van der Waals surface area contributed by atoms with Crippen LogP contribution in [0.5, 0.6) is 0 Å². The Morgan fingerprint density at radius 3 is 2.53 bits per heavy atom. The number of rotatable bonds is 4. The Hall–Kier alpha value is -1.67. The Labute approximate surface area is 102 Å². The zero-order chi connectivity index (χ0) is 12.9. The van der Waals surface area contributed by atoms with Crippen molar-refractivity contribution in [2.75, 3.05) is 19.0 Å². The van der Waals surface area contributed by atoms with Crippen LogP contribution in [-0.4, -0.2) is 29.7 Å². The third-order valence-corrected chi connectivity index (χ3v) is 2.49. The smallest absolute Gasteiger partial charge is 0.158 e. The quantitative estimate of drug-likeness (QED) is 0.860. The molecule has 0 radical (unpaired) electrons. The van der Waals surface area contributed by atoms with Gasteiger partial charge in [0.25, 0.3) is 0 Å². The van der Waals surface area contributed by atoms with E-state index >= 15 is 0 Å². The lowest BCUT2D eigenvalue weighted by Gasteiger charge is -2.29. The summed E-state index contributed by atoms with van der Waals surface area (Å²) in [5.41, 5.74) is 0.372. The van der Waals surface area contributed by atoms with Gasteiger partial charge in [0.05, 0.1) is 18.5 Å². The van der Waals surface area contributed by atoms with Gasteiger partial charge in [-0.25, -0.2) is 9.97 Å². The molecule has 1 atom stereocenters. The van der Waals surface area contributed by atoms with E-state index in [-0.39, 0.29) is 11.5 Å². The lowest BCUT2D eigenvalue weighted by Crippen LogP contribution is -2.35. The summed E-state index contributed by atoms with van der Waals surface area (Å²) >= 11 is 0.